The third-order valence-electron chi connectivity index (χ3n) is 16.7. The maximum Gasteiger partial charge on any atom is 0.312 e. The fourth-order valence-electron chi connectivity index (χ4n) is 13.2. The van der Waals surface area contributed by atoms with Gasteiger partial charge in [-0.25, -0.2) is 4.39 Å². The Kier molecular flexibility index (Phi) is 9.18. The van der Waals surface area contributed by atoms with Gasteiger partial charge in [-0.05, 0) is 127 Å². The summed E-state index contributed by atoms with van der Waals surface area (Å²) in [7, 11) is 0. The first-order chi connectivity index (χ1) is 23.6. The Hall–Kier alpha value is -2.25. The number of nitrogens with zero attached hydrogens (tertiary/aromatic N) is 2. The van der Waals surface area contributed by atoms with Crippen LogP contribution in [0.1, 0.15) is 117 Å². The number of halogens is 1. The van der Waals surface area contributed by atoms with Crippen LogP contribution in [-0.4, -0.2) is 72.2 Å². The minimum Gasteiger partial charge on any atom is -0.464 e. The van der Waals surface area contributed by atoms with Gasteiger partial charge >= 0.3 is 5.97 Å². The quantitative estimate of drug-likeness (QED) is 0.250. The van der Waals surface area contributed by atoms with Crippen molar-refractivity contribution in [3.8, 4) is 0 Å². The van der Waals surface area contributed by atoms with Crippen LogP contribution < -0.4 is 0 Å². The molecule has 1 aromatic carbocycles. The van der Waals surface area contributed by atoms with Crippen LogP contribution in [0.4, 0.5) is 4.39 Å². The van der Waals surface area contributed by atoms with Gasteiger partial charge in [-0.15, -0.1) is 0 Å². The molecule has 1 aromatic rings. The molecule has 0 bridgehead atoms. The van der Waals surface area contributed by atoms with Gasteiger partial charge in [-0.2, -0.15) is 0 Å². The first kappa shape index (κ1) is 36.1. The first-order valence-electron chi connectivity index (χ1n) is 19.9. The monoisotopic (exact) mass is 690 g/mol. The highest BCUT2D eigenvalue weighted by Gasteiger charge is 2.69. The maximum atomic E-state index is 14.5. The molecule has 6 nitrogen and oxygen atoms in total. The molecule has 4 saturated carbocycles. The molecular formula is C43H63FN2O4. The SMILES string of the molecule is CC1CCC2(C(=O)OCCN3CCN(C(=O)c4cccc(F)c4)CC3)CCC3(C)C(=CCC4C5(C)CCC(O)C(C)(C)C5CCC43C)C2C1C. The molecule has 1 heterocycles. The average molecular weight is 691 g/mol. The van der Waals surface area contributed by atoms with Gasteiger partial charge in [0.1, 0.15) is 12.4 Å². The van der Waals surface area contributed by atoms with E-state index in [-0.39, 0.29) is 45.6 Å². The third kappa shape index (κ3) is 5.36. The molecule has 5 fully saturated rings. The van der Waals surface area contributed by atoms with Crippen LogP contribution in [0, 0.1) is 62.5 Å². The van der Waals surface area contributed by atoms with Crippen molar-refractivity contribution < 1.29 is 23.8 Å². The highest BCUT2D eigenvalue weighted by molar-refractivity contribution is 5.94. The molecule has 0 radical (unpaired) electrons. The standard InChI is InChI=1S/C43H63FN2O4/c1-28-13-18-43(38(49)50-26-25-45-21-23-46(24-22-45)37(48)30-9-8-10-31(44)27-30)20-19-41(6)32(36(43)29(28)2)11-12-34-40(5)16-15-35(47)39(3,4)33(40)14-17-42(34,41)7/h8-11,27-29,33-36,47H,12-26H2,1-7H3. The van der Waals surface area contributed by atoms with Crippen molar-refractivity contribution in [3.63, 3.8) is 0 Å². The molecule has 1 N–H and O–H groups in total. The van der Waals surface area contributed by atoms with Gasteiger partial charge in [0.05, 0.1) is 11.5 Å². The van der Waals surface area contributed by atoms with Gasteiger partial charge in [-0.1, -0.05) is 66.2 Å². The number of carbonyl (C=O) groups excluding carboxylic acids is 2. The predicted molar refractivity (Wildman–Crippen MR) is 195 cm³/mol. The van der Waals surface area contributed by atoms with E-state index >= 15 is 0 Å². The lowest BCUT2D eigenvalue weighted by molar-refractivity contribution is -0.207. The summed E-state index contributed by atoms with van der Waals surface area (Å²) in [5.74, 6) is 1.78. The van der Waals surface area contributed by atoms with Gasteiger partial charge in [0.2, 0.25) is 0 Å². The molecule has 1 saturated heterocycles. The molecule has 276 valence electrons. The molecule has 10 unspecified atom stereocenters. The third-order valence-corrected chi connectivity index (χ3v) is 16.7. The summed E-state index contributed by atoms with van der Waals surface area (Å²) in [5.41, 5.74) is 1.84. The number of allylic oxidation sites excluding steroid dienone is 2. The normalized spacial score (nSPS) is 42.7. The lowest BCUT2D eigenvalue weighted by atomic mass is 9.33. The molecule has 10 atom stereocenters. The largest absolute Gasteiger partial charge is 0.464 e. The molecule has 7 rings (SSSR count). The Morgan fingerprint density at radius 3 is 2.38 bits per heavy atom. The van der Waals surface area contributed by atoms with E-state index in [0.717, 1.165) is 44.9 Å². The molecular weight excluding hydrogens is 627 g/mol. The number of esters is 1. The zero-order valence-electron chi connectivity index (χ0n) is 31.9. The van der Waals surface area contributed by atoms with Crippen LogP contribution in [0.3, 0.4) is 0 Å². The van der Waals surface area contributed by atoms with Crippen molar-refractivity contribution in [2.24, 2.45) is 56.7 Å². The van der Waals surface area contributed by atoms with Crippen LogP contribution in [0.2, 0.25) is 0 Å². The maximum absolute atomic E-state index is 14.5. The van der Waals surface area contributed by atoms with Crippen LogP contribution >= 0.6 is 0 Å². The van der Waals surface area contributed by atoms with E-state index in [1.54, 1.807) is 22.6 Å². The Balaban J connectivity index is 1.06. The fourth-order valence-corrected chi connectivity index (χ4v) is 13.2. The van der Waals surface area contributed by atoms with Crippen molar-refractivity contribution in [2.45, 2.75) is 112 Å². The number of ether oxygens (including phenoxy) is 1. The molecule has 5 aliphatic carbocycles. The Bertz CT molecular complexity index is 1520. The zero-order chi connectivity index (χ0) is 35.9. The second kappa shape index (κ2) is 12.7. The molecule has 6 aliphatic rings. The van der Waals surface area contributed by atoms with Crippen molar-refractivity contribution in [1.29, 1.82) is 0 Å². The molecule has 0 aromatic heterocycles. The zero-order valence-corrected chi connectivity index (χ0v) is 31.9. The predicted octanol–water partition coefficient (Wildman–Crippen LogP) is 8.15. The lowest BCUT2D eigenvalue weighted by Gasteiger charge is -2.71. The lowest BCUT2D eigenvalue weighted by Crippen LogP contribution is -2.65. The number of benzene rings is 1. The highest BCUT2D eigenvalue weighted by atomic mass is 19.1. The summed E-state index contributed by atoms with van der Waals surface area (Å²) in [6.45, 7) is 20.8. The summed E-state index contributed by atoms with van der Waals surface area (Å²) >= 11 is 0. The minimum atomic E-state index is -0.464. The van der Waals surface area contributed by atoms with Crippen molar-refractivity contribution >= 4 is 11.9 Å². The summed E-state index contributed by atoms with van der Waals surface area (Å²) < 4.78 is 20.0. The Labute approximate surface area is 300 Å². The molecule has 0 spiro atoms. The second-order valence-electron chi connectivity index (χ2n) is 19.0. The molecule has 7 heteroatoms. The first-order valence-corrected chi connectivity index (χ1v) is 19.9. The number of amides is 1. The topological polar surface area (TPSA) is 70.1 Å². The number of hydrogen-bond acceptors (Lipinski definition) is 5. The van der Waals surface area contributed by atoms with E-state index in [1.165, 1.54) is 25.0 Å². The molecule has 50 heavy (non-hydrogen) atoms. The van der Waals surface area contributed by atoms with Crippen LogP contribution in [-0.2, 0) is 9.53 Å². The van der Waals surface area contributed by atoms with Gasteiger partial charge in [0.25, 0.3) is 5.91 Å². The fraction of sp³-hybridized carbons (Fsp3) is 0.767. The van der Waals surface area contributed by atoms with E-state index in [0.29, 0.717) is 68.6 Å². The number of carbonyl (C=O) groups is 2. The average Bonchev–Trinajstić information content (AvgIpc) is 3.08. The van der Waals surface area contributed by atoms with Crippen LogP contribution in [0.25, 0.3) is 0 Å². The smallest absolute Gasteiger partial charge is 0.312 e. The van der Waals surface area contributed by atoms with E-state index < -0.39 is 11.2 Å². The van der Waals surface area contributed by atoms with Crippen molar-refractivity contribution in [2.75, 3.05) is 39.3 Å². The second-order valence-corrected chi connectivity index (χ2v) is 19.0. The number of piperazine rings is 1. The Morgan fingerprint density at radius 2 is 1.66 bits per heavy atom. The number of fused-ring (bicyclic) bond motifs is 7. The van der Waals surface area contributed by atoms with E-state index in [4.69, 9.17) is 4.74 Å². The van der Waals surface area contributed by atoms with Crippen molar-refractivity contribution in [1.82, 2.24) is 9.80 Å². The van der Waals surface area contributed by atoms with E-state index in [1.807, 2.05) is 0 Å². The molecule has 1 amide bonds. The van der Waals surface area contributed by atoms with Gasteiger partial charge in [0, 0.05) is 38.3 Å². The van der Waals surface area contributed by atoms with Gasteiger partial charge < -0.3 is 14.7 Å². The summed E-state index contributed by atoms with van der Waals surface area (Å²) in [5, 5.41) is 11.1. The van der Waals surface area contributed by atoms with E-state index in [9.17, 15) is 19.1 Å². The molecule has 1 aliphatic heterocycles. The van der Waals surface area contributed by atoms with Gasteiger partial charge in [-0.3, -0.25) is 14.5 Å². The van der Waals surface area contributed by atoms with E-state index in [2.05, 4.69) is 59.4 Å². The van der Waals surface area contributed by atoms with Crippen molar-refractivity contribution in [3.05, 3.63) is 47.3 Å². The number of hydrogen-bond donors (Lipinski definition) is 1. The van der Waals surface area contributed by atoms with Crippen LogP contribution in [0.15, 0.2) is 35.9 Å². The number of rotatable bonds is 5. The summed E-state index contributed by atoms with van der Waals surface area (Å²) in [6.07, 6.45) is 11.8. The Morgan fingerprint density at radius 1 is 0.920 bits per heavy atom. The number of aliphatic hydroxyl groups excluding tert-OH is 1. The highest BCUT2D eigenvalue weighted by Crippen LogP contribution is 2.75. The minimum absolute atomic E-state index is 0.00934. The number of aliphatic hydroxyl groups is 1. The van der Waals surface area contributed by atoms with Crippen LogP contribution in [0.5, 0.6) is 0 Å². The summed E-state index contributed by atoms with van der Waals surface area (Å²) in [4.78, 5) is 31.5. The summed E-state index contributed by atoms with van der Waals surface area (Å²) in [6, 6.07) is 5.91. The van der Waals surface area contributed by atoms with Gasteiger partial charge in [0.15, 0.2) is 0 Å².